The van der Waals surface area contributed by atoms with Crippen LogP contribution < -0.4 is 20.7 Å². The van der Waals surface area contributed by atoms with Crippen molar-refractivity contribution < 1.29 is 0 Å². The summed E-state index contributed by atoms with van der Waals surface area (Å²) in [6, 6.07) is 85.9. The molecule has 0 N–H and O–H groups in total. The topological polar surface area (TPSA) is 4.93 Å². The zero-order valence-corrected chi connectivity index (χ0v) is 32.5. The number of hydrogen-bond donors (Lipinski definition) is 0. The predicted molar refractivity (Wildman–Crippen MR) is 243 cm³/mol. The highest BCUT2D eigenvalue weighted by Crippen LogP contribution is 2.51. The molecule has 0 fully saturated rings. The van der Waals surface area contributed by atoms with Gasteiger partial charge in [-0.25, -0.2) is 0 Å². The quantitative estimate of drug-likeness (QED) is 0.113. The molecule has 57 heavy (non-hydrogen) atoms. The van der Waals surface area contributed by atoms with E-state index in [9.17, 15) is 0 Å². The van der Waals surface area contributed by atoms with Crippen LogP contribution in [0, 0.1) is 0 Å². The molecule has 1 aliphatic rings. The normalized spacial score (nSPS) is 13.4. The fourth-order valence-corrected chi connectivity index (χ4v) is 14.6. The second kappa shape index (κ2) is 13.6. The Labute approximate surface area is 334 Å². The van der Waals surface area contributed by atoms with Gasteiger partial charge in [0.1, 0.15) is 0 Å². The second-order valence-electron chi connectivity index (χ2n) is 15.2. The molecule has 0 spiro atoms. The van der Waals surface area contributed by atoms with Gasteiger partial charge in [0.15, 0.2) is 8.07 Å². The van der Waals surface area contributed by atoms with Gasteiger partial charge in [-0.05, 0) is 84.0 Å². The molecule has 1 aromatic heterocycles. The molecule has 0 radical (unpaired) electrons. The molecule has 1 nitrogen and oxygen atoms in total. The summed E-state index contributed by atoms with van der Waals surface area (Å²) in [5.41, 5.74) is 12.9. The number of para-hydroxylation sites is 2. The number of aromatic nitrogens is 1. The lowest BCUT2D eigenvalue weighted by molar-refractivity contribution is 1.02. The largest absolute Gasteiger partial charge is 0.309 e. The van der Waals surface area contributed by atoms with Gasteiger partial charge in [-0.2, -0.15) is 0 Å². The first-order chi connectivity index (χ1) is 28.3. The Hall–Kier alpha value is -7.00. The smallest absolute Gasteiger partial charge is 0.179 e. The van der Waals surface area contributed by atoms with Crippen molar-refractivity contribution in [1.29, 1.82) is 0 Å². The van der Waals surface area contributed by atoms with Crippen molar-refractivity contribution in [2.75, 3.05) is 0 Å². The average molecular weight is 742 g/mol. The summed E-state index contributed by atoms with van der Waals surface area (Å²) in [6.07, 6.45) is 0. The monoisotopic (exact) mass is 741 g/mol. The van der Waals surface area contributed by atoms with E-state index >= 15 is 0 Å². The molecule has 0 saturated carbocycles. The highest BCUT2D eigenvalue weighted by atomic mass is 28.3. The summed E-state index contributed by atoms with van der Waals surface area (Å²) in [7, 11) is -2.63. The van der Waals surface area contributed by atoms with Crippen LogP contribution in [-0.2, 0) is 0 Å². The molecule has 1 aliphatic carbocycles. The number of fused-ring (bicyclic) bond motifs is 6. The Bertz CT molecular complexity index is 2890. The first-order valence-electron chi connectivity index (χ1n) is 19.9. The van der Waals surface area contributed by atoms with E-state index in [-0.39, 0.29) is 5.92 Å². The molecule has 1 atom stereocenters. The molecular formula is C55H39NSi. The van der Waals surface area contributed by atoms with Gasteiger partial charge in [-0.15, -0.1) is 0 Å². The number of hydrogen-bond acceptors (Lipinski definition) is 0. The van der Waals surface area contributed by atoms with Crippen molar-refractivity contribution in [2.45, 2.75) is 5.92 Å². The molecule has 0 bridgehead atoms. The van der Waals surface area contributed by atoms with Crippen LogP contribution in [0.2, 0.25) is 0 Å². The third-order valence-corrected chi connectivity index (χ3v) is 17.1. The van der Waals surface area contributed by atoms with Crippen LogP contribution >= 0.6 is 0 Å². The van der Waals surface area contributed by atoms with Crippen LogP contribution in [-0.4, -0.2) is 12.6 Å². The first-order valence-corrected chi connectivity index (χ1v) is 21.9. The summed E-state index contributed by atoms with van der Waals surface area (Å²) in [6.45, 7) is 0. The molecule has 10 aromatic rings. The fourth-order valence-electron chi connectivity index (χ4n) is 9.84. The number of rotatable bonds is 7. The van der Waals surface area contributed by atoms with Crippen LogP contribution in [0.1, 0.15) is 22.6 Å². The van der Waals surface area contributed by atoms with Crippen molar-refractivity contribution >= 4 is 50.6 Å². The third kappa shape index (κ3) is 5.22. The van der Waals surface area contributed by atoms with Gasteiger partial charge >= 0.3 is 0 Å². The maximum Gasteiger partial charge on any atom is 0.179 e. The maximum atomic E-state index is 2.44. The van der Waals surface area contributed by atoms with E-state index in [0.717, 1.165) is 0 Å². The Morgan fingerprint density at radius 1 is 0.333 bits per heavy atom. The van der Waals surface area contributed by atoms with E-state index in [4.69, 9.17) is 0 Å². The number of nitrogens with zero attached hydrogens (tertiary/aromatic N) is 1. The summed E-state index contributed by atoms with van der Waals surface area (Å²) < 4.78 is 2.40. The van der Waals surface area contributed by atoms with E-state index in [2.05, 4.69) is 235 Å². The Morgan fingerprint density at radius 3 is 1.37 bits per heavy atom. The molecule has 0 aliphatic heterocycles. The Balaban J connectivity index is 1.05. The van der Waals surface area contributed by atoms with E-state index in [0.29, 0.717) is 0 Å². The molecule has 0 saturated heterocycles. The van der Waals surface area contributed by atoms with Crippen molar-refractivity contribution in [3.8, 4) is 27.9 Å². The Morgan fingerprint density at radius 2 is 0.789 bits per heavy atom. The lowest BCUT2D eigenvalue weighted by Gasteiger charge is -2.34. The van der Waals surface area contributed by atoms with Crippen molar-refractivity contribution in [3.05, 3.63) is 247 Å². The minimum absolute atomic E-state index is 0.111. The van der Waals surface area contributed by atoms with Crippen molar-refractivity contribution in [3.63, 3.8) is 0 Å². The molecule has 11 rings (SSSR count). The molecule has 0 amide bonds. The van der Waals surface area contributed by atoms with E-state index in [1.165, 1.54) is 87.2 Å². The molecule has 268 valence electrons. The van der Waals surface area contributed by atoms with Crippen LogP contribution in [0.5, 0.6) is 0 Å². The standard InChI is InChI=1S/C55H39NSi/c1-4-17-42(18-5-1)57(43-19-6-2-7-20-43,44-21-8-3-9-22-44)45-37-33-40(34-38-45)54-50-26-11-10-23-47(50)51-28-16-27-46(55(51)54)39-31-35-41(36-32-39)56-52-29-14-12-24-48(52)49-25-13-15-30-53(49)56/h1-38,54H. The lowest BCUT2D eigenvalue weighted by atomic mass is 9.85. The molecule has 9 aromatic carbocycles. The van der Waals surface area contributed by atoms with Gasteiger partial charge in [0.05, 0.1) is 11.0 Å². The van der Waals surface area contributed by atoms with Crippen LogP contribution in [0.15, 0.2) is 231 Å². The summed E-state index contributed by atoms with van der Waals surface area (Å²) in [5, 5.41) is 8.10. The lowest BCUT2D eigenvalue weighted by Crippen LogP contribution is -2.74. The summed E-state index contributed by atoms with van der Waals surface area (Å²) >= 11 is 0. The van der Waals surface area contributed by atoms with Gasteiger partial charge < -0.3 is 4.57 Å². The van der Waals surface area contributed by atoms with E-state index < -0.39 is 8.07 Å². The molecular weight excluding hydrogens is 703 g/mol. The summed E-state index contributed by atoms with van der Waals surface area (Å²) in [4.78, 5) is 0. The van der Waals surface area contributed by atoms with Crippen LogP contribution in [0.25, 0.3) is 49.7 Å². The highest BCUT2D eigenvalue weighted by Gasteiger charge is 2.41. The van der Waals surface area contributed by atoms with Gasteiger partial charge in [-0.1, -0.05) is 206 Å². The molecule has 2 heteroatoms. The number of benzene rings is 9. The fraction of sp³-hybridized carbons (Fsp3) is 0.0182. The van der Waals surface area contributed by atoms with Gasteiger partial charge in [-0.3, -0.25) is 0 Å². The molecule has 1 heterocycles. The van der Waals surface area contributed by atoms with Crippen molar-refractivity contribution in [1.82, 2.24) is 4.57 Å². The zero-order valence-electron chi connectivity index (χ0n) is 31.5. The van der Waals surface area contributed by atoms with E-state index in [1.54, 1.807) is 0 Å². The minimum Gasteiger partial charge on any atom is -0.309 e. The van der Waals surface area contributed by atoms with Gasteiger partial charge in [0.2, 0.25) is 0 Å². The zero-order chi connectivity index (χ0) is 37.8. The SMILES string of the molecule is c1ccc([Si](c2ccccc2)(c2ccccc2)c2ccc(C3c4ccccc4-c4cccc(-c5ccc(-n6c7ccccc7c7ccccc76)cc5)c43)cc2)cc1. The predicted octanol–water partition coefficient (Wildman–Crippen LogP) is 11.0. The van der Waals surface area contributed by atoms with Gasteiger partial charge in [0.25, 0.3) is 0 Å². The minimum atomic E-state index is -2.63. The maximum absolute atomic E-state index is 2.63. The molecule has 1 unspecified atom stereocenters. The first kappa shape index (κ1) is 33.3. The van der Waals surface area contributed by atoms with Gasteiger partial charge in [0, 0.05) is 22.4 Å². The van der Waals surface area contributed by atoms with Crippen molar-refractivity contribution in [2.24, 2.45) is 0 Å². The third-order valence-electron chi connectivity index (χ3n) is 12.3. The Kier molecular flexibility index (Phi) is 7.97. The van der Waals surface area contributed by atoms with E-state index in [1.807, 2.05) is 0 Å². The second-order valence-corrected chi connectivity index (χ2v) is 19.0. The van der Waals surface area contributed by atoms with Crippen LogP contribution in [0.4, 0.5) is 0 Å². The highest BCUT2D eigenvalue weighted by molar-refractivity contribution is 7.19. The van der Waals surface area contributed by atoms with Crippen LogP contribution in [0.3, 0.4) is 0 Å². The summed E-state index contributed by atoms with van der Waals surface area (Å²) in [5.74, 6) is 0.111. The average Bonchev–Trinajstić information content (AvgIpc) is 3.81.